The van der Waals surface area contributed by atoms with Crippen molar-refractivity contribution in [3.63, 3.8) is 0 Å². The second-order valence-corrected chi connectivity index (χ2v) is 20.4. The Hall–Kier alpha value is -8.07. The molecule has 2 heterocycles. The minimum Gasteiger partial charge on any atom is -0.497 e. The molecule has 4 N–H and O–H groups in total. The number of piperazine rings is 1. The third-order valence-electron chi connectivity index (χ3n) is 12.9. The molecule has 0 spiro atoms. The number of ether oxygens (including phenoxy) is 6. The molecule has 3 atom stereocenters. The summed E-state index contributed by atoms with van der Waals surface area (Å²) >= 11 is 12.7. The SMILES string of the molecule is COc1ccc(C2=NC(c3ccc(Cl)cc3)C(c3ccc(Cl)cc3)N2C(=O)N2CCN(CC(=O)NCCOCCOCCOCC(=O)Nc3ccc(OCC(C)(O)C(=O)Nc4ccc([N+](=O)[O-])c(C(F)(F)F)c4)cc3)C(=O)C2)c(OC(C)C)c1. The van der Waals surface area contributed by atoms with E-state index in [0.29, 0.717) is 50.8 Å². The Morgan fingerprint density at radius 3 is 2.04 bits per heavy atom. The predicted octanol–water partition coefficient (Wildman–Crippen LogP) is 8.10. The van der Waals surface area contributed by atoms with Gasteiger partial charge in [0.25, 0.3) is 11.6 Å². The Balaban J connectivity index is 0.792. The summed E-state index contributed by atoms with van der Waals surface area (Å²) in [6.07, 6.45) is -5.32. The van der Waals surface area contributed by atoms with Gasteiger partial charge in [0.1, 0.15) is 54.4 Å². The van der Waals surface area contributed by atoms with Gasteiger partial charge in [-0.3, -0.25) is 39.2 Å². The fourth-order valence-corrected chi connectivity index (χ4v) is 8.95. The van der Waals surface area contributed by atoms with E-state index in [0.717, 1.165) is 24.1 Å². The van der Waals surface area contributed by atoms with Crippen molar-refractivity contribution in [3.05, 3.63) is 152 Å². The van der Waals surface area contributed by atoms with Crippen LogP contribution in [0.4, 0.5) is 35.0 Å². The van der Waals surface area contributed by atoms with E-state index in [4.69, 9.17) is 56.6 Å². The number of alkyl halides is 3. The summed E-state index contributed by atoms with van der Waals surface area (Å²) in [6.45, 7) is 4.49. The first-order valence-corrected chi connectivity index (χ1v) is 27.0. The molecule has 0 aliphatic carbocycles. The van der Waals surface area contributed by atoms with Crippen molar-refractivity contribution in [2.24, 2.45) is 4.99 Å². The maximum Gasteiger partial charge on any atom is 0.423 e. The smallest absolute Gasteiger partial charge is 0.423 e. The number of nitrogens with zero attached hydrogens (tertiary/aromatic N) is 5. The van der Waals surface area contributed by atoms with Gasteiger partial charge in [-0.1, -0.05) is 47.5 Å². The van der Waals surface area contributed by atoms with Gasteiger partial charge in [0.15, 0.2) is 5.60 Å². The first-order valence-electron chi connectivity index (χ1n) is 26.2. The van der Waals surface area contributed by atoms with Crippen LogP contribution >= 0.6 is 23.2 Å². The number of benzene rings is 5. The van der Waals surface area contributed by atoms with Gasteiger partial charge in [0, 0.05) is 53.2 Å². The lowest BCUT2D eigenvalue weighted by Gasteiger charge is -2.38. The Kier molecular flexibility index (Phi) is 21.9. The number of anilines is 2. The van der Waals surface area contributed by atoms with E-state index in [1.807, 2.05) is 38.1 Å². The Bertz CT molecular complexity index is 3170. The number of aliphatic imine (C=N–C) groups is 1. The molecule has 0 bridgehead atoms. The highest BCUT2D eigenvalue weighted by molar-refractivity contribution is 6.30. The number of rotatable bonds is 26. The van der Waals surface area contributed by atoms with Gasteiger partial charge >= 0.3 is 12.2 Å². The van der Waals surface area contributed by atoms with Crippen LogP contribution in [0.25, 0.3) is 0 Å². The normalized spacial score (nSPS) is 16.0. The topological polar surface area (TPSA) is 262 Å². The molecule has 0 saturated carbocycles. The van der Waals surface area contributed by atoms with Gasteiger partial charge in [0.2, 0.25) is 17.7 Å². The number of urea groups is 1. The molecule has 5 aromatic carbocycles. The van der Waals surface area contributed by atoms with E-state index in [1.54, 1.807) is 54.5 Å². The van der Waals surface area contributed by atoms with Gasteiger partial charge in [0.05, 0.1) is 69.3 Å². The third kappa shape index (κ3) is 17.3. The summed E-state index contributed by atoms with van der Waals surface area (Å²) in [4.78, 5) is 86.3. The largest absolute Gasteiger partial charge is 0.497 e. The number of nitro groups is 1. The molecule has 22 nitrogen and oxygen atoms in total. The second-order valence-electron chi connectivity index (χ2n) is 19.6. The van der Waals surface area contributed by atoms with Crippen molar-refractivity contribution >= 4 is 75.8 Å². The summed E-state index contributed by atoms with van der Waals surface area (Å²) in [7, 11) is 1.55. The number of aliphatic hydroxyl groups is 1. The van der Waals surface area contributed by atoms with Crippen LogP contribution in [0.2, 0.25) is 10.0 Å². The number of halogens is 5. The number of methoxy groups -OCH3 is 1. The van der Waals surface area contributed by atoms with E-state index >= 15 is 4.79 Å². The number of nitrogens with one attached hydrogen (secondary N) is 3. The van der Waals surface area contributed by atoms with Gasteiger partial charge in [-0.15, -0.1) is 0 Å². The van der Waals surface area contributed by atoms with Gasteiger partial charge in [-0.2, -0.15) is 13.2 Å². The Labute approximate surface area is 490 Å². The molecule has 2 aliphatic rings. The van der Waals surface area contributed by atoms with Gasteiger partial charge in [-0.05, 0) is 105 Å². The lowest BCUT2D eigenvalue weighted by Crippen LogP contribution is -2.57. The van der Waals surface area contributed by atoms with Crippen LogP contribution in [-0.4, -0.2) is 158 Å². The highest BCUT2D eigenvalue weighted by atomic mass is 35.5. The minimum atomic E-state index is -5.08. The zero-order chi connectivity index (χ0) is 60.7. The molecule has 5 aromatic rings. The first-order chi connectivity index (χ1) is 40.0. The molecule has 1 saturated heterocycles. The van der Waals surface area contributed by atoms with Crippen LogP contribution in [-0.2, 0) is 39.6 Å². The number of carbonyl (C=O) groups is 5. The van der Waals surface area contributed by atoms with Crippen LogP contribution in [0.3, 0.4) is 0 Å². The molecule has 1 fully saturated rings. The molecule has 6 amide bonds. The number of amidine groups is 1. The molecule has 27 heteroatoms. The zero-order valence-corrected chi connectivity index (χ0v) is 47.5. The predicted molar refractivity (Wildman–Crippen MR) is 302 cm³/mol. The average molecular weight is 1210 g/mol. The van der Waals surface area contributed by atoms with Crippen LogP contribution in [0.5, 0.6) is 17.2 Å². The molecule has 0 radical (unpaired) electrons. The van der Waals surface area contributed by atoms with Crippen molar-refractivity contribution in [2.75, 3.05) is 96.7 Å². The zero-order valence-electron chi connectivity index (χ0n) is 46.0. The lowest BCUT2D eigenvalue weighted by atomic mass is 9.93. The highest BCUT2D eigenvalue weighted by Gasteiger charge is 2.46. The van der Waals surface area contributed by atoms with E-state index in [2.05, 4.69) is 16.0 Å². The van der Waals surface area contributed by atoms with Crippen molar-refractivity contribution in [1.29, 1.82) is 0 Å². The van der Waals surface area contributed by atoms with Crippen LogP contribution in [0, 0.1) is 10.1 Å². The molecule has 448 valence electrons. The monoisotopic (exact) mass is 1210 g/mol. The van der Waals surface area contributed by atoms with E-state index in [1.165, 1.54) is 34.1 Å². The average Bonchev–Trinajstić information content (AvgIpc) is 1.92. The van der Waals surface area contributed by atoms with Crippen molar-refractivity contribution in [3.8, 4) is 17.2 Å². The minimum absolute atomic E-state index is 0.0826. The summed E-state index contributed by atoms with van der Waals surface area (Å²) in [5.74, 6) is -0.979. The van der Waals surface area contributed by atoms with Crippen molar-refractivity contribution in [1.82, 2.24) is 20.0 Å². The van der Waals surface area contributed by atoms with E-state index in [9.17, 15) is 47.6 Å². The number of carbonyl (C=O) groups excluding carboxylic acids is 5. The first kappa shape index (κ1) is 63.5. The van der Waals surface area contributed by atoms with Crippen molar-refractivity contribution in [2.45, 2.75) is 50.7 Å². The molecule has 84 heavy (non-hydrogen) atoms. The highest BCUT2D eigenvalue weighted by Crippen LogP contribution is 2.46. The number of hydrogen-bond donors (Lipinski definition) is 4. The Morgan fingerprint density at radius 1 is 0.798 bits per heavy atom. The van der Waals surface area contributed by atoms with E-state index in [-0.39, 0.29) is 84.2 Å². The quantitative estimate of drug-likeness (QED) is 0.0232. The molecular weight excluding hydrogens is 1150 g/mol. The molecule has 3 unspecified atom stereocenters. The summed E-state index contributed by atoms with van der Waals surface area (Å²) < 4.78 is 73.8. The van der Waals surface area contributed by atoms with Crippen LogP contribution in [0.15, 0.2) is 114 Å². The molecular formula is C57H61Cl2F3N8O14. The third-order valence-corrected chi connectivity index (χ3v) is 13.4. The maximum absolute atomic E-state index is 15.0. The van der Waals surface area contributed by atoms with Crippen LogP contribution < -0.4 is 30.2 Å². The lowest BCUT2D eigenvalue weighted by molar-refractivity contribution is -0.388. The summed E-state index contributed by atoms with van der Waals surface area (Å²) in [6, 6.07) is 25.6. The van der Waals surface area contributed by atoms with Crippen molar-refractivity contribution < 1.29 is 75.6 Å². The molecule has 0 aromatic heterocycles. The van der Waals surface area contributed by atoms with E-state index < -0.39 is 82.0 Å². The number of nitro benzene ring substituents is 1. The molecule has 2 aliphatic heterocycles. The maximum atomic E-state index is 15.0. The number of amides is 6. The van der Waals surface area contributed by atoms with Gasteiger partial charge < -0.3 is 59.3 Å². The summed E-state index contributed by atoms with van der Waals surface area (Å²) in [5, 5.41) is 30.2. The molecule has 7 rings (SSSR count). The summed E-state index contributed by atoms with van der Waals surface area (Å²) in [5.41, 5.74) is -3.03. The Morgan fingerprint density at radius 2 is 1.42 bits per heavy atom. The standard InChI is InChI=1S/C57H61Cl2F3N8O14/c1-35(2)84-47-30-43(79-4)18-19-44(47)53-66-51(36-5-9-38(58)10-6-36)52(37-7-11-39(59)12-8-37)69(53)55(75)68-23-22-67(50(73)32-68)31-48(71)63-21-24-80-25-26-81-27-28-82-33-49(72)64-40-13-16-42(17-14-40)83-34-56(3,76)54(74)65-41-15-20-46(70(77)78)45(29-41)57(60,61)62/h5-20,29-30,35,51-52,76H,21-28,31-34H2,1-4H3,(H,63,71)(H,64,72)(H,65,74). The second kappa shape index (κ2) is 29.0. The fourth-order valence-electron chi connectivity index (χ4n) is 8.69. The number of hydrogen-bond acceptors (Lipinski definition) is 15. The van der Waals surface area contributed by atoms with Gasteiger partial charge in [-0.25, -0.2) is 4.79 Å². The fraction of sp³-hybridized carbons (Fsp3) is 0.368. The van der Waals surface area contributed by atoms with Crippen LogP contribution in [0.1, 0.15) is 55.1 Å².